The van der Waals surface area contributed by atoms with Crippen LogP contribution < -0.4 is 15.4 Å². The summed E-state index contributed by atoms with van der Waals surface area (Å²) < 4.78 is 7.08. The Morgan fingerprint density at radius 3 is 2.83 bits per heavy atom. The highest BCUT2D eigenvalue weighted by Crippen LogP contribution is 2.28. The van der Waals surface area contributed by atoms with Crippen molar-refractivity contribution in [1.82, 2.24) is 20.1 Å². The smallest absolute Gasteiger partial charge is 0.293 e. The van der Waals surface area contributed by atoms with E-state index in [0.29, 0.717) is 23.3 Å². The van der Waals surface area contributed by atoms with Gasteiger partial charge in [-0.2, -0.15) is 0 Å². The number of anilines is 1. The normalized spacial score (nSPS) is 22.3. The van der Waals surface area contributed by atoms with Crippen molar-refractivity contribution in [2.75, 3.05) is 25.5 Å². The predicted octanol–water partition coefficient (Wildman–Crippen LogP) is 0.931. The summed E-state index contributed by atoms with van der Waals surface area (Å²) in [6, 6.07) is 7.23. The second kappa shape index (κ2) is 5.66. The maximum absolute atomic E-state index is 12.5. The van der Waals surface area contributed by atoms with Gasteiger partial charge in [0, 0.05) is 18.7 Å². The molecule has 1 aromatic heterocycles. The lowest BCUT2D eigenvalue weighted by Crippen LogP contribution is -2.31. The van der Waals surface area contributed by atoms with Crippen molar-refractivity contribution in [2.24, 2.45) is 11.8 Å². The van der Waals surface area contributed by atoms with Crippen LogP contribution >= 0.6 is 0 Å². The quantitative estimate of drug-likeness (QED) is 0.881. The number of nitrogens with zero attached hydrogens (tertiary/aromatic N) is 3. The van der Waals surface area contributed by atoms with E-state index in [0.717, 1.165) is 37.6 Å². The number of amides is 1. The van der Waals surface area contributed by atoms with E-state index in [-0.39, 0.29) is 5.91 Å². The Morgan fingerprint density at radius 2 is 2.04 bits per heavy atom. The van der Waals surface area contributed by atoms with Crippen molar-refractivity contribution in [2.45, 2.75) is 13.0 Å². The molecule has 1 aromatic carbocycles. The van der Waals surface area contributed by atoms with Gasteiger partial charge >= 0.3 is 0 Å². The van der Waals surface area contributed by atoms with E-state index in [9.17, 15) is 4.79 Å². The minimum Gasteiger partial charge on any atom is -0.497 e. The van der Waals surface area contributed by atoms with E-state index in [1.54, 1.807) is 19.2 Å². The first-order valence-corrected chi connectivity index (χ1v) is 7.83. The fourth-order valence-electron chi connectivity index (χ4n) is 3.42. The lowest BCUT2D eigenvalue weighted by atomic mass is 9.89. The molecule has 120 valence electrons. The number of nitrogens with one attached hydrogen (secondary N) is 2. The van der Waals surface area contributed by atoms with Gasteiger partial charge in [-0.25, -0.2) is 0 Å². The second-order valence-electron chi connectivity index (χ2n) is 6.12. The summed E-state index contributed by atoms with van der Waals surface area (Å²) in [4.78, 5) is 12.5. The highest BCUT2D eigenvalue weighted by molar-refractivity contribution is 6.01. The topological polar surface area (TPSA) is 81.1 Å². The van der Waals surface area contributed by atoms with Gasteiger partial charge < -0.3 is 19.9 Å². The Bertz CT molecular complexity index is 725. The number of benzene rings is 1. The van der Waals surface area contributed by atoms with Crippen LogP contribution in [0.5, 0.6) is 5.75 Å². The monoisotopic (exact) mass is 313 g/mol. The molecule has 2 atom stereocenters. The Balaban J connectivity index is 1.53. The molecule has 2 N–H and O–H groups in total. The molecule has 0 radical (unpaired) electrons. The van der Waals surface area contributed by atoms with Gasteiger partial charge in [-0.05, 0) is 49.2 Å². The summed E-state index contributed by atoms with van der Waals surface area (Å²) in [5.74, 6) is 3.01. The van der Waals surface area contributed by atoms with E-state index in [4.69, 9.17) is 4.74 Å². The summed E-state index contributed by atoms with van der Waals surface area (Å²) in [5.41, 5.74) is 0.712. The van der Waals surface area contributed by atoms with Crippen LogP contribution in [0.15, 0.2) is 24.3 Å². The van der Waals surface area contributed by atoms with Crippen LogP contribution in [0.2, 0.25) is 0 Å². The number of rotatable bonds is 3. The van der Waals surface area contributed by atoms with Gasteiger partial charge in [0.2, 0.25) is 5.82 Å². The number of carbonyl (C=O) groups is 1. The molecule has 0 saturated carbocycles. The molecule has 1 fully saturated rings. The van der Waals surface area contributed by atoms with Gasteiger partial charge in [-0.15, -0.1) is 10.2 Å². The van der Waals surface area contributed by atoms with Crippen LogP contribution in [0.4, 0.5) is 5.69 Å². The van der Waals surface area contributed by atoms with E-state index in [1.807, 2.05) is 16.7 Å². The molecule has 4 rings (SSSR count). The molecule has 1 amide bonds. The lowest BCUT2D eigenvalue weighted by Gasteiger charge is -2.25. The third-order valence-electron chi connectivity index (χ3n) is 4.72. The van der Waals surface area contributed by atoms with Gasteiger partial charge in [0.1, 0.15) is 11.6 Å². The molecule has 0 bridgehead atoms. The minimum atomic E-state index is -0.224. The molecule has 2 unspecified atom stereocenters. The van der Waals surface area contributed by atoms with Crippen molar-refractivity contribution < 1.29 is 9.53 Å². The first-order valence-electron chi connectivity index (χ1n) is 7.83. The molecular formula is C16H19N5O2. The fraction of sp³-hybridized carbons (Fsp3) is 0.438. The molecule has 23 heavy (non-hydrogen) atoms. The largest absolute Gasteiger partial charge is 0.497 e. The number of hydrogen-bond donors (Lipinski definition) is 2. The number of fused-ring (bicyclic) bond motifs is 2. The minimum absolute atomic E-state index is 0.224. The summed E-state index contributed by atoms with van der Waals surface area (Å²) in [6.07, 6.45) is 0.889. The van der Waals surface area contributed by atoms with Crippen molar-refractivity contribution in [3.63, 3.8) is 0 Å². The van der Waals surface area contributed by atoms with E-state index < -0.39 is 0 Å². The Morgan fingerprint density at radius 1 is 1.26 bits per heavy atom. The van der Waals surface area contributed by atoms with Gasteiger partial charge in [0.05, 0.1) is 7.11 Å². The van der Waals surface area contributed by atoms with E-state index in [2.05, 4.69) is 20.8 Å². The lowest BCUT2D eigenvalue weighted by molar-refractivity contribution is 0.100. The van der Waals surface area contributed by atoms with Gasteiger partial charge in [-0.3, -0.25) is 4.79 Å². The Labute approximate surface area is 134 Å². The van der Waals surface area contributed by atoms with Crippen molar-refractivity contribution in [3.8, 4) is 5.75 Å². The summed E-state index contributed by atoms with van der Waals surface area (Å²) in [7, 11) is 1.61. The van der Waals surface area contributed by atoms with Crippen molar-refractivity contribution in [3.05, 3.63) is 35.9 Å². The van der Waals surface area contributed by atoms with Crippen LogP contribution in [0, 0.1) is 11.8 Å². The molecule has 0 spiro atoms. The summed E-state index contributed by atoms with van der Waals surface area (Å²) >= 11 is 0. The first-order chi connectivity index (χ1) is 11.2. The average molecular weight is 313 g/mol. The molecule has 2 aliphatic heterocycles. The first kappa shape index (κ1) is 14.2. The predicted molar refractivity (Wildman–Crippen MR) is 84.5 cm³/mol. The second-order valence-corrected chi connectivity index (χ2v) is 6.12. The van der Waals surface area contributed by atoms with Crippen molar-refractivity contribution >= 4 is 11.6 Å². The molecule has 7 nitrogen and oxygen atoms in total. The van der Waals surface area contributed by atoms with Crippen LogP contribution in [0.3, 0.4) is 0 Å². The number of methoxy groups -OCH3 is 1. The SMILES string of the molecule is COc1ccc(NC(=O)c2nnc3n2CC2CNCC2C3)cc1. The highest BCUT2D eigenvalue weighted by atomic mass is 16.5. The average Bonchev–Trinajstić information content (AvgIpc) is 3.19. The molecule has 0 aliphatic carbocycles. The third kappa shape index (κ3) is 2.57. The number of aromatic nitrogens is 3. The van der Waals surface area contributed by atoms with Gasteiger partial charge in [0.15, 0.2) is 0 Å². The maximum atomic E-state index is 12.5. The van der Waals surface area contributed by atoms with E-state index >= 15 is 0 Å². The standard InChI is InChI=1S/C16H19N5O2/c1-23-13-4-2-12(3-5-13)18-16(22)15-20-19-14-6-10-7-17-8-11(10)9-21(14)15/h2-5,10-11,17H,6-9H2,1H3,(H,18,22). The van der Waals surface area contributed by atoms with Crippen LogP contribution in [0.25, 0.3) is 0 Å². The maximum Gasteiger partial charge on any atom is 0.293 e. The fourth-order valence-corrected chi connectivity index (χ4v) is 3.42. The van der Waals surface area contributed by atoms with Crippen LogP contribution in [0.1, 0.15) is 16.4 Å². The number of ether oxygens (including phenoxy) is 1. The zero-order valence-electron chi connectivity index (χ0n) is 13.0. The Kier molecular flexibility index (Phi) is 3.49. The van der Waals surface area contributed by atoms with Crippen LogP contribution in [-0.2, 0) is 13.0 Å². The molecule has 7 heteroatoms. The molecule has 1 saturated heterocycles. The van der Waals surface area contributed by atoms with Gasteiger partial charge in [-0.1, -0.05) is 0 Å². The number of hydrogen-bond acceptors (Lipinski definition) is 5. The molecule has 3 heterocycles. The molecular weight excluding hydrogens is 294 g/mol. The third-order valence-corrected chi connectivity index (χ3v) is 4.72. The zero-order chi connectivity index (χ0) is 15.8. The number of carbonyl (C=O) groups excluding carboxylic acids is 1. The highest BCUT2D eigenvalue weighted by Gasteiger charge is 2.35. The van der Waals surface area contributed by atoms with E-state index in [1.165, 1.54) is 0 Å². The molecule has 2 aliphatic rings. The van der Waals surface area contributed by atoms with Crippen molar-refractivity contribution in [1.29, 1.82) is 0 Å². The molecule has 2 aromatic rings. The Hall–Kier alpha value is -2.41. The zero-order valence-corrected chi connectivity index (χ0v) is 13.0. The summed E-state index contributed by atoms with van der Waals surface area (Å²) in [6.45, 7) is 2.85. The summed E-state index contributed by atoms with van der Waals surface area (Å²) in [5, 5.41) is 14.6. The van der Waals surface area contributed by atoms with Gasteiger partial charge in [0.25, 0.3) is 5.91 Å². The van der Waals surface area contributed by atoms with Crippen LogP contribution in [-0.4, -0.2) is 40.9 Å².